The average Bonchev–Trinajstić information content (AvgIpc) is 2.44. The van der Waals surface area contributed by atoms with Crippen LogP contribution in [0.3, 0.4) is 0 Å². The number of nitrogens with one attached hydrogen (secondary N) is 1. The molecular formula is C13H14F2N2O3S. The molecule has 1 heterocycles. The van der Waals surface area contributed by atoms with Gasteiger partial charge in [0.25, 0.3) is 12.3 Å². The number of anilines is 1. The van der Waals surface area contributed by atoms with E-state index in [-0.39, 0.29) is 18.0 Å². The van der Waals surface area contributed by atoms with Gasteiger partial charge in [0, 0.05) is 17.0 Å². The lowest BCUT2D eigenvalue weighted by Crippen LogP contribution is -2.37. The van der Waals surface area contributed by atoms with Crippen LogP contribution in [0.5, 0.6) is 0 Å². The number of carbonyl (C=O) groups excluding carboxylic acids is 2. The Morgan fingerprint density at radius 3 is 2.90 bits per heavy atom. The first-order valence-corrected chi connectivity index (χ1v) is 7.25. The van der Waals surface area contributed by atoms with E-state index in [0.29, 0.717) is 11.4 Å². The Kier molecular flexibility index (Phi) is 5.13. The van der Waals surface area contributed by atoms with E-state index in [4.69, 9.17) is 5.11 Å². The largest absolute Gasteiger partial charge is 0.395 e. The molecule has 21 heavy (non-hydrogen) atoms. The number of amides is 2. The molecule has 0 aromatic heterocycles. The molecular weight excluding hydrogens is 302 g/mol. The minimum absolute atomic E-state index is 0.165. The van der Waals surface area contributed by atoms with Gasteiger partial charge in [-0.2, -0.15) is 0 Å². The minimum Gasteiger partial charge on any atom is -0.395 e. The summed E-state index contributed by atoms with van der Waals surface area (Å²) in [6, 6.07) is 4.67. The summed E-state index contributed by atoms with van der Waals surface area (Å²) < 4.78 is 24.9. The Bertz CT molecular complexity index is 554. The van der Waals surface area contributed by atoms with Gasteiger partial charge >= 0.3 is 0 Å². The number of carbonyl (C=O) groups is 2. The van der Waals surface area contributed by atoms with Gasteiger partial charge in [-0.1, -0.05) is 0 Å². The van der Waals surface area contributed by atoms with Crippen LogP contribution >= 0.6 is 11.8 Å². The predicted molar refractivity (Wildman–Crippen MR) is 74.8 cm³/mol. The lowest BCUT2D eigenvalue weighted by molar-refractivity contribution is -0.113. The normalized spacial score (nSPS) is 13.8. The van der Waals surface area contributed by atoms with Crippen LogP contribution in [0, 0.1) is 0 Å². The Hall–Kier alpha value is -1.67. The molecule has 2 amide bonds. The highest BCUT2D eigenvalue weighted by atomic mass is 32.2. The monoisotopic (exact) mass is 316 g/mol. The zero-order chi connectivity index (χ0) is 15.4. The zero-order valence-corrected chi connectivity index (χ0v) is 11.8. The molecule has 0 saturated heterocycles. The molecule has 0 fully saturated rings. The first kappa shape index (κ1) is 15.7. The number of benzene rings is 1. The summed E-state index contributed by atoms with van der Waals surface area (Å²) in [7, 11) is 0. The minimum atomic E-state index is -2.67. The number of nitrogens with zero attached hydrogens (tertiary/aromatic N) is 1. The van der Waals surface area contributed by atoms with Crippen LogP contribution in [0.4, 0.5) is 14.5 Å². The van der Waals surface area contributed by atoms with Gasteiger partial charge in [-0.15, -0.1) is 11.8 Å². The summed E-state index contributed by atoms with van der Waals surface area (Å²) in [6.45, 7) is -1.30. The van der Waals surface area contributed by atoms with Crippen molar-refractivity contribution in [2.45, 2.75) is 11.3 Å². The fraction of sp³-hybridized carbons (Fsp3) is 0.385. The van der Waals surface area contributed by atoms with Crippen LogP contribution in [-0.4, -0.2) is 53.7 Å². The van der Waals surface area contributed by atoms with Crippen molar-refractivity contribution in [1.29, 1.82) is 0 Å². The van der Waals surface area contributed by atoms with Crippen LogP contribution in [0.25, 0.3) is 0 Å². The van der Waals surface area contributed by atoms with E-state index in [2.05, 4.69) is 5.32 Å². The number of aliphatic hydroxyl groups excluding tert-OH is 1. The molecule has 1 aliphatic rings. The van der Waals surface area contributed by atoms with Gasteiger partial charge in [0.2, 0.25) is 5.91 Å². The first-order chi connectivity index (χ1) is 10.0. The van der Waals surface area contributed by atoms with Crippen LogP contribution in [0.2, 0.25) is 0 Å². The summed E-state index contributed by atoms with van der Waals surface area (Å²) in [4.78, 5) is 25.2. The number of halogens is 2. The maximum Gasteiger partial charge on any atom is 0.255 e. The molecule has 114 valence electrons. The number of fused-ring (bicyclic) bond motifs is 1. The highest BCUT2D eigenvalue weighted by Gasteiger charge is 2.22. The zero-order valence-electron chi connectivity index (χ0n) is 11.0. The van der Waals surface area contributed by atoms with E-state index in [0.717, 1.165) is 9.80 Å². The molecule has 5 nitrogen and oxygen atoms in total. The molecule has 8 heteroatoms. The average molecular weight is 316 g/mol. The fourth-order valence-corrected chi connectivity index (χ4v) is 2.75. The van der Waals surface area contributed by atoms with Crippen molar-refractivity contribution in [3.8, 4) is 0 Å². The summed E-state index contributed by atoms with van der Waals surface area (Å²) in [6.07, 6.45) is -2.67. The topological polar surface area (TPSA) is 69.6 Å². The summed E-state index contributed by atoms with van der Waals surface area (Å²) in [5, 5.41) is 11.5. The number of rotatable bonds is 5. The smallest absolute Gasteiger partial charge is 0.255 e. The van der Waals surface area contributed by atoms with Gasteiger partial charge in [0.15, 0.2) is 0 Å². The number of hydrogen-bond donors (Lipinski definition) is 2. The second-order valence-electron chi connectivity index (χ2n) is 4.41. The molecule has 0 aliphatic carbocycles. The molecule has 0 radical (unpaired) electrons. The van der Waals surface area contributed by atoms with Crippen molar-refractivity contribution in [3.63, 3.8) is 0 Å². The van der Waals surface area contributed by atoms with E-state index in [9.17, 15) is 18.4 Å². The molecule has 0 spiro atoms. The Balaban J connectivity index is 2.21. The van der Waals surface area contributed by atoms with Gasteiger partial charge in [-0.05, 0) is 18.2 Å². The molecule has 0 unspecified atom stereocenters. The lowest BCUT2D eigenvalue weighted by Gasteiger charge is -2.22. The van der Waals surface area contributed by atoms with Gasteiger partial charge in [-0.3, -0.25) is 9.59 Å². The molecule has 2 N–H and O–H groups in total. The maximum absolute atomic E-state index is 12.5. The van der Waals surface area contributed by atoms with E-state index < -0.39 is 25.5 Å². The fourth-order valence-electron chi connectivity index (χ4n) is 1.96. The standard InChI is InChI=1S/C13H14F2N2O3S/c14-11(15)6-17(3-4-18)13(20)8-1-2-10-9(5-8)16-12(19)7-21-10/h1-2,5,11,18H,3-4,6-7H2,(H,16,19). The maximum atomic E-state index is 12.5. The highest BCUT2D eigenvalue weighted by Crippen LogP contribution is 2.32. The molecule has 1 aromatic rings. The summed E-state index contributed by atoms with van der Waals surface area (Å²) in [5.41, 5.74) is 0.703. The molecule has 0 bridgehead atoms. The van der Waals surface area contributed by atoms with Crippen molar-refractivity contribution in [2.24, 2.45) is 0 Å². The van der Waals surface area contributed by atoms with Gasteiger partial charge in [0.1, 0.15) is 0 Å². The first-order valence-electron chi connectivity index (χ1n) is 6.26. The van der Waals surface area contributed by atoms with Crippen molar-refractivity contribution >= 4 is 29.3 Å². The Morgan fingerprint density at radius 1 is 1.48 bits per heavy atom. The van der Waals surface area contributed by atoms with Crippen molar-refractivity contribution in [2.75, 3.05) is 30.8 Å². The molecule has 1 aliphatic heterocycles. The molecule has 0 atom stereocenters. The van der Waals surface area contributed by atoms with Crippen molar-refractivity contribution in [3.05, 3.63) is 23.8 Å². The Labute approximate surface area is 124 Å². The third kappa shape index (κ3) is 3.92. The third-order valence-corrected chi connectivity index (χ3v) is 3.95. The van der Waals surface area contributed by atoms with E-state index >= 15 is 0 Å². The second-order valence-corrected chi connectivity index (χ2v) is 5.43. The number of hydrogen-bond acceptors (Lipinski definition) is 4. The van der Waals surface area contributed by atoms with E-state index in [1.165, 1.54) is 23.9 Å². The van der Waals surface area contributed by atoms with Crippen molar-refractivity contribution in [1.82, 2.24) is 4.90 Å². The summed E-state index contributed by atoms with van der Waals surface area (Å²) in [5.74, 6) is -0.462. The van der Waals surface area contributed by atoms with Crippen LogP contribution in [0.15, 0.2) is 23.1 Å². The second kappa shape index (κ2) is 6.86. The Morgan fingerprint density at radius 2 is 2.24 bits per heavy atom. The summed E-state index contributed by atoms with van der Waals surface area (Å²) >= 11 is 1.35. The van der Waals surface area contributed by atoms with Crippen LogP contribution < -0.4 is 5.32 Å². The third-order valence-electron chi connectivity index (χ3n) is 2.87. The number of aliphatic hydroxyl groups is 1. The SMILES string of the molecule is O=C1CSc2ccc(C(=O)N(CCO)CC(F)F)cc2N1. The van der Waals surface area contributed by atoms with Gasteiger partial charge < -0.3 is 15.3 Å². The molecule has 1 aromatic carbocycles. The van der Waals surface area contributed by atoms with E-state index in [1.54, 1.807) is 6.07 Å². The number of thioether (sulfide) groups is 1. The van der Waals surface area contributed by atoms with Gasteiger partial charge in [0.05, 0.1) is 24.6 Å². The molecule has 2 rings (SSSR count). The number of alkyl halides is 2. The quantitative estimate of drug-likeness (QED) is 0.862. The molecule has 0 saturated carbocycles. The van der Waals surface area contributed by atoms with Gasteiger partial charge in [-0.25, -0.2) is 8.78 Å². The lowest BCUT2D eigenvalue weighted by atomic mass is 10.1. The van der Waals surface area contributed by atoms with Crippen LogP contribution in [0.1, 0.15) is 10.4 Å². The van der Waals surface area contributed by atoms with Crippen LogP contribution in [-0.2, 0) is 4.79 Å². The van der Waals surface area contributed by atoms with Crippen molar-refractivity contribution < 1.29 is 23.5 Å². The predicted octanol–water partition coefficient (Wildman–Crippen LogP) is 1.43. The highest BCUT2D eigenvalue weighted by molar-refractivity contribution is 8.00. The van der Waals surface area contributed by atoms with E-state index in [1.807, 2.05) is 0 Å².